The van der Waals surface area contributed by atoms with Crippen molar-refractivity contribution in [3.63, 3.8) is 0 Å². The maximum absolute atomic E-state index is 5.15. The number of methoxy groups -OCH3 is 1. The average molecular weight is 351 g/mol. The first-order valence-corrected chi connectivity index (χ1v) is 9.31. The van der Waals surface area contributed by atoms with Gasteiger partial charge in [0.1, 0.15) is 0 Å². The van der Waals surface area contributed by atoms with E-state index in [1.165, 1.54) is 30.6 Å². The topological polar surface area (TPSA) is 66.7 Å². The van der Waals surface area contributed by atoms with E-state index in [1.54, 1.807) is 7.11 Å². The summed E-state index contributed by atoms with van der Waals surface area (Å²) in [5, 5.41) is 11.5. The molecule has 2 heterocycles. The SMILES string of the molecule is CCN1CCCC1CNC(=NC)NCc1c(C)nn(CCOC)c1C. The van der Waals surface area contributed by atoms with Gasteiger partial charge in [0.2, 0.25) is 0 Å². The van der Waals surface area contributed by atoms with Gasteiger partial charge in [0.15, 0.2) is 5.96 Å². The molecule has 0 radical (unpaired) electrons. The number of nitrogens with one attached hydrogen (secondary N) is 2. The van der Waals surface area contributed by atoms with Crippen LogP contribution in [0.1, 0.15) is 36.7 Å². The summed E-state index contributed by atoms with van der Waals surface area (Å²) < 4.78 is 7.17. The second-order valence-electron chi connectivity index (χ2n) is 6.60. The van der Waals surface area contributed by atoms with Crippen molar-refractivity contribution >= 4 is 5.96 Å². The number of hydrogen-bond acceptors (Lipinski definition) is 4. The van der Waals surface area contributed by atoms with E-state index in [-0.39, 0.29) is 0 Å². The molecule has 1 atom stereocenters. The minimum Gasteiger partial charge on any atom is -0.383 e. The summed E-state index contributed by atoms with van der Waals surface area (Å²) in [4.78, 5) is 6.90. The van der Waals surface area contributed by atoms with Crippen LogP contribution in [-0.2, 0) is 17.8 Å². The predicted molar refractivity (Wildman–Crippen MR) is 102 cm³/mol. The summed E-state index contributed by atoms with van der Waals surface area (Å²) in [5.74, 6) is 0.853. The van der Waals surface area contributed by atoms with Crippen molar-refractivity contribution in [2.75, 3.05) is 40.4 Å². The monoisotopic (exact) mass is 350 g/mol. The van der Waals surface area contributed by atoms with Gasteiger partial charge < -0.3 is 15.4 Å². The van der Waals surface area contributed by atoms with E-state index < -0.39 is 0 Å². The maximum Gasteiger partial charge on any atom is 0.191 e. The minimum absolute atomic E-state index is 0.615. The molecule has 1 saturated heterocycles. The molecule has 2 N–H and O–H groups in total. The van der Waals surface area contributed by atoms with E-state index in [4.69, 9.17) is 4.74 Å². The Labute approximate surface area is 151 Å². The van der Waals surface area contributed by atoms with Crippen LogP contribution in [0, 0.1) is 13.8 Å². The van der Waals surface area contributed by atoms with Gasteiger partial charge in [0, 0.05) is 44.5 Å². The third kappa shape index (κ3) is 5.19. The molecule has 0 aromatic carbocycles. The van der Waals surface area contributed by atoms with Gasteiger partial charge in [0.25, 0.3) is 0 Å². The molecule has 0 amide bonds. The molecule has 25 heavy (non-hydrogen) atoms. The van der Waals surface area contributed by atoms with Gasteiger partial charge in [-0.05, 0) is 39.8 Å². The van der Waals surface area contributed by atoms with Crippen LogP contribution >= 0.6 is 0 Å². The first-order valence-electron chi connectivity index (χ1n) is 9.31. The summed E-state index contributed by atoms with van der Waals surface area (Å²) in [7, 11) is 3.54. The molecule has 1 unspecified atom stereocenters. The zero-order valence-corrected chi connectivity index (χ0v) is 16.4. The highest BCUT2D eigenvalue weighted by molar-refractivity contribution is 5.79. The molecule has 7 heteroatoms. The number of aliphatic imine (C=N–C) groups is 1. The average Bonchev–Trinajstić information content (AvgIpc) is 3.18. The lowest BCUT2D eigenvalue weighted by Crippen LogP contribution is -2.44. The van der Waals surface area contributed by atoms with Gasteiger partial charge in [-0.2, -0.15) is 5.10 Å². The second-order valence-corrected chi connectivity index (χ2v) is 6.60. The van der Waals surface area contributed by atoms with Crippen molar-refractivity contribution in [1.82, 2.24) is 25.3 Å². The van der Waals surface area contributed by atoms with Crippen LogP contribution in [0.15, 0.2) is 4.99 Å². The van der Waals surface area contributed by atoms with Crippen molar-refractivity contribution in [2.45, 2.75) is 52.7 Å². The number of aryl methyl sites for hydroxylation is 1. The molecule has 0 saturated carbocycles. The Balaban J connectivity index is 1.87. The zero-order valence-electron chi connectivity index (χ0n) is 16.4. The van der Waals surface area contributed by atoms with E-state index in [2.05, 4.69) is 46.4 Å². The van der Waals surface area contributed by atoms with Crippen molar-refractivity contribution in [1.29, 1.82) is 0 Å². The molecular weight excluding hydrogens is 316 g/mol. The molecule has 1 aromatic heterocycles. The van der Waals surface area contributed by atoms with Gasteiger partial charge in [-0.25, -0.2) is 0 Å². The number of likely N-dealkylation sites (N-methyl/N-ethyl adjacent to an activating group) is 1. The largest absolute Gasteiger partial charge is 0.383 e. The molecule has 1 aromatic rings. The van der Waals surface area contributed by atoms with Crippen molar-refractivity contribution in [3.05, 3.63) is 17.0 Å². The Kier molecular flexibility index (Phi) is 7.71. The van der Waals surface area contributed by atoms with Crippen LogP contribution in [0.2, 0.25) is 0 Å². The third-order valence-corrected chi connectivity index (χ3v) is 5.11. The minimum atomic E-state index is 0.615. The molecule has 1 aliphatic rings. The summed E-state index contributed by atoms with van der Waals surface area (Å²) in [6.07, 6.45) is 2.56. The molecule has 1 aliphatic heterocycles. The summed E-state index contributed by atoms with van der Waals surface area (Å²) in [5.41, 5.74) is 3.48. The first-order chi connectivity index (χ1) is 12.1. The molecule has 7 nitrogen and oxygen atoms in total. The van der Waals surface area contributed by atoms with Gasteiger partial charge >= 0.3 is 0 Å². The van der Waals surface area contributed by atoms with Gasteiger partial charge in [-0.15, -0.1) is 0 Å². The molecule has 0 spiro atoms. The highest BCUT2D eigenvalue weighted by Gasteiger charge is 2.22. The van der Waals surface area contributed by atoms with Crippen molar-refractivity contribution in [2.24, 2.45) is 4.99 Å². The van der Waals surface area contributed by atoms with E-state index in [1.807, 2.05) is 11.7 Å². The third-order valence-electron chi connectivity index (χ3n) is 5.11. The number of nitrogens with zero attached hydrogens (tertiary/aromatic N) is 4. The van der Waals surface area contributed by atoms with Crippen LogP contribution in [-0.4, -0.2) is 67.1 Å². The van der Waals surface area contributed by atoms with Crippen LogP contribution in [0.4, 0.5) is 0 Å². The fourth-order valence-electron chi connectivity index (χ4n) is 3.54. The number of rotatable bonds is 8. The van der Waals surface area contributed by atoms with E-state index in [0.29, 0.717) is 12.6 Å². The molecule has 0 aliphatic carbocycles. The lowest BCUT2D eigenvalue weighted by Gasteiger charge is -2.24. The highest BCUT2D eigenvalue weighted by atomic mass is 16.5. The van der Waals surface area contributed by atoms with Gasteiger partial charge in [0.05, 0.1) is 18.8 Å². The first kappa shape index (κ1) is 19.7. The number of hydrogen-bond donors (Lipinski definition) is 2. The lowest BCUT2D eigenvalue weighted by atomic mass is 10.2. The van der Waals surface area contributed by atoms with E-state index in [9.17, 15) is 0 Å². The summed E-state index contributed by atoms with van der Waals surface area (Å²) in [6.45, 7) is 11.9. The van der Waals surface area contributed by atoms with E-state index in [0.717, 1.165) is 37.8 Å². The van der Waals surface area contributed by atoms with Gasteiger partial charge in [-0.3, -0.25) is 14.6 Å². The van der Waals surface area contributed by atoms with Crippen molar-refractivity contribution < 1.29 is 4.74 Å². The molecule has 2 rings (SSSR count). The number of guanidine groups is 1. The fraction of sp³-hybridized carbons (Fsp3) is 0.778. The molecule has 142 valence electrons. The number of ether oxygens (including phenoxy) is 1. The van der Waals surface area contributed by atoms with Crippen LogP contribution in [0.25, 0.3) is 0 Å². The Hall–Kier alpha value is -1.60. The molecule has 1 fully saturated rings. The van der Waals surface area contributed by atoms with Crippen molar-refractivity contribution in [3.8, 4) is 0 Å². The predicted octanol–water partition coefficient (Wildman–Crippen LogP) is 1.30. The quantitative estimate of drug-likeness (QED) is 0.546. The Morgan fingerprint density at radius 1 is 1.36 bits per heavy atom. The Morgan fingerprint density at radius 3 is 2.84 bits per heavy atom. The zero-order chi connectivity index (χ0) is 18.2. The lowest BCUT2D eigenvalue weighted by molar-refractivity contribution is 0.182. The van der Waals surface area contributed by atoms with E-state index >= 15 is 0 Å². The number of likely N-dealkylation sites (tertiary alicyclic amines) is 1. The van der Waals surface area contributed by atoms with Crippen LogP contribution in [0.3, 0.4) is 0 Å². The fourth-order valence-corrected chi connectivity index (χ4v) is 3.54. The molecular formula is C18H34N6O. The molecule has 0 bridgehead atoms. The second kappa shape index (κ2) is 9.77. The smallest absolute Gasteiger partial charge is 0.191 e. The van der Waals surface area contributed by atoms with Crippen LogP contribution < -0.4 is 10.6 Å². The standard InChI is InChI=1S/C18H34N6O/c1-6-23-9-7-8-16(23)12-20-18(19-4)21-13-17-14(2)22-24(15(17)3)10-11-25-5/h16H,6-13H2,1-5H3,(H2,19,20,21). The normalized spacial score (nSPS) is 18.8. The van der Waals surface area contributed by atoms with Crippen LogP contribution in [0.5, 0.6) is 0 Å². The Morgan fingerprint density at radius 2 is 2.16 bits per heavy atom. The summed E-state index contributed by atoms with van der Waals surface area (Å²) in [6, 6.07) is 0.615. The Bertz CT molecular complexity index is 568. The number of aromatic nitrogens is 2. The highest BCUT2D eigenvalue weighted by Crippen LogP contribution is 2.15. The summed E-state index contributed by atoms with van der Waals surface area (Å²) >= 11 is 0. The van der Waals surface area contributed by atoms with Gasteiger partial charge in [-0.1, -0.05) is 6.92 Å². The maximum atomic E-state index is 5.15.